The lowest BCUT2D eigenvalue weighted by Gasteiger charge is -2.41. The van der Waals surface area contributed by atoms with Crippen LogP contribution in [0.1, 0.15) is 40.8 Å². The summed E-state index contributed by atoms with van der Waals surface area (Å²) in [6.07, 6.45) is -5.70. The van der Waals surface area contributed by atoms with Gasteiger partial charge in [0, 0.05) is 17.9 Å². The summed E-state index contributed by atoms with van der Waals surface area (Å²) in [6.45, 7) is 11.4. The number of ether oxygens (including phenoxy) is 1. The van der Waals surface area contributed by atoms with Crippen molar-refractivity contribution >= 4 is 75.9 Å². The zero-order valence-electron chi connectivity index (χ0n) is 28.5. The number of carbonyl (C=O) groups excluding carboxylic acids is 1. The smallest absolute Gasteiger partial charge is 0.407 e. The molecule has 6 N–H and O–H groups in total. The van der Waals surface area contributed by atoms with Crippen molar-refractivity contribution in [3.63, 3.8) is 0 Å². The largest absolute Gasteiger partial charge is 0.476 e. The standard InChI is InChI=1S/C22H35B2N7O16P4Si/c1-12(2)18(32)29-21-28-17-14(19(33)30-21)27-11-31(17)20-16(45-52(6,7)22(3,4)5)15(44-49(35,24-10-26)47-51(39,40)41)13(43-20)8-42-48(34,23-9-25)46-50(36,37)38/h11-13,15-16,20H,8H2,1-7H3,(H2,36,37,38)(H2,39,40,41)(H2,28,29,30,32,33). The number of phosphoric acid groups is 2. The van der Waals surface area contributed by atoms with Crippen molar-refractivity contribution in [1.82, 2.24) is 19.5 Å². The first-order valence-corrected chi connectivity index (χ1v) is 24.0. The van der Waals surface area contributed by atoms with E-state index in [1.807, 2.05) is 20.8 Å². The molecule has 1 aliphatic heterocycles. The quantitative estimate of drug-likeness (QED) is 0.104. The van der Waals surface area contributed by atoms with E-state index in [2.05, 4.69) is 28.9 Å². The fourth-order valence-electron chi connectivity index (χ4n) is 4.21. The third-order valence-electron chi connectivity index (χ3n) is 7.55. The Morgan fingerprint density at radius 2 is 1.63 bits per heavy atom. The summed E-state index contributed by atoms with van der Waals surface area (Å²) < 4.78 is 83.5. The molecule has 2 radical (unpaired) electrons. The molecule has 0 saturated carbocycles. The monoisotopic (exact) mass is 827 g/mol. The first-order valence-electron chi connectivity index (χ1n) is 14.8. The van der Waals surface area contributed by atoms with Crippen LogP contribution >= 0.6 is 30.6 Å². The number of nitrogens with zero attached hydrogens (tertiary/aromatic N) is 5. The number of hydrogen-bond acceptors (Lipinski definition) is 16. The lowest BCUT2D eigenvalue weighted by Crippen LogP contribution is -2.49. The minimum absolute atomic E-state index is 0.162. The van der Waals surface area contributed by atoms with E-state index in [9.17, 15) is 52.7 Å². The van der Waals surface area contributed by atoms with Gasteiger partial charge in [-0.3, -0.25) is 33.6 Å². The summed E-state index contributed by atoms with van der Waals surface area (Å²) >= 11 is 0. The Balaban J connectivity index is 2.29. The van der Waals surface area contributed by atoms with E-state index < -0.39 is 92.5 Å². The summed E-state index contributed by atoms with van der Waals surface area (Å²) in [5, 5.41) is 20.3. The lowest BCUT2D eigenvalue weighted by atomic mass is 10.1. The van der Waals surface area contributed by atoms with Crippen LogP contribution in [0.25, 0.3) is 11.2 Å². The normalized spacial score (nSPS) is 22.3. The number of fused-ring (bicyclic) bond motifs is 1. The molecular formula is C22H35B2N7O16P4Si. The molecule has 6 atom stereocenters. The molecule has 284 valence electrons. The van der Waals surface area contributed by atoms with Crippen LogP contribution in [0, 0.1) is 28.4 Å². The van der Waals surface area contributed by atoms with Crippen molar-refractivity contribution in [2.45, 2.75) is 77.3 Å². The Hall–Kier alpha value is -2.33. The van der Waals surface area contributed by atoms with Crippen LogP contribution < -0.4 is 10.9 Å². The SMILES string of the molecule is CC(C)C(=O)Nc1nc2c(ncn2C2OC(COP(=O)([B]C#N)OP(=O)(O)O)C(OP(=O)([B]C#N)OP(=O)(O)O)C2O[Si](C)(C)C(C)(C)C)c(=O)[nH]1. The molecule has 3 heterocycles. The molecule has 0 aliphatic carbocycles. The number of aromatic amines is 1. The molecule has 52 heavy (non-hydrogen) atoms. The van der Waals surface area contributed by atoms with E-state index in [-0.39, 0.29) is 31.1 Å². The van der Waals surface area contributed by atoms with E-state index >= 15 is 0 Å². The average Bonchev–Trinajstić information content (AvgIpc) is 3.50. The van der Waals surface area contributed by atoms with E-state index in [0.717, 1.165) is 10.9 Å². The minimum Gasteiger partial charge on any atom is -0.407 e. The molecule has 6 unspecified atom stereocenters. The molecule has 0 bridgehead atoms. The van der Waals surface area contributed by atoms with Crippen LogP contribution in [0.15, 0.2) is 11.1 Å². The maximum Gasteiger partial charge on any atom is 0.476 e. The molecule has 3 rings (SSSR count). The molecule has 1 aliphatic rings. The van der Waals surface area contributed by atoms with Gasteiger partial charge in [-0.25, -0.2) is 33.3 Å². The molecule has 30 heteroatoms. The number of amides is 1. The molecule has 1 amide bonds. The van der Waals surface area contributed by atoms with Gasteiger partial charge in [0.05, 0.1) is 12.9 Å². The van der Waals surface area contributed by atoms with Crippen molar-refractivity contribution in [3.8, 4) is 11.9 Å². The predicted octanol–water partition coefficient (Wildman–Crippen LogP) is 2.21. The van der Waals surface area contributed by atoms with Crippen molar-refractivity contribution in [1.29, 1.82) is 10.5 Å². The van der Waals surface area contributed by atoms with Gasteiger partial charge in [0.2, 0.25) is 11.9 Å². The Morgan fingerprint density at radius 1 is 1.08 bits per heavy atom. The maximum atomic E-state index is 13.7. The number of hydrogen-bond donors (Lipinski definition) is 6. The lowest BCUT2D eigenvalue weighted by molar-refractivity contribution is -0.118. The first-order chi connectivity index (χ1) is 23.6. The fourth-order valence-corrected chi connectivity index (χ4v) is 9.96. The molecule has 1 saturated heterocycles. The Labute approximate surface area is 298 Å². The van der Waals surface area contributed by atoms with Gasteiger partial charge in [0.25, 0.3) is 5.56 Å². The minimum atomic E-state index is -5.65. The van der Waals surface area contributed by atoms with Gasteiger partial charge in [-0.2, -0.15) is 4.98 Å². The summed E-state index contributed by atoms with van der Waals surface area (Å²) in [4.78, 5) is 73.7. The van der Waals surface area contributed by atoms with Crippen LogP contribution in [0.2, 0.25) is 18.1 Å². The second-order valence-corrected chi connectivity index (χ2v) is 24.1. The Kier molecular flexibility index (Phi) is 13.7. The van der Waals surface area contributed by atoms with Crippen LogP contribution in [-0.4, -0.2) is 92.2 Å². The summed E-state index contributed by atoms with van der Waals surface area (Å²) in [5.74, 6) is 1.29. The highest BCUT2D eigenvalue weighted by molar-refractivity contribution is 7.88. The van der Waals surface area contributed by atoms with Crippen LogP contribution in [0.5, 0.6) is 0 Å². The second-order valence-electron chi connectivity index (χ2n) is 12.9. The average molecular weight is 827 g/mol. The van der Waals surface area contributed by atoms with E-state index in [0.29, 0.717) is 0 Å². The highest BCUT2D eigenvalue weighted by atomic mass is 31.3. The number of aromatic nitrogens is 4. The first kappa shape index (κ1) is 44.1. The van der Waals surface area contributed by atoms with Gasteiger partial charge in [-0.15, -0.1) is 0 Å². The van der Waals surface area contributed by atoms with Gasteiger partial charge >= 0.3 is 44.6 Å². The third-order valence-corrected chi connectivity index (χ3v) is 17.5. The number of nitrogens with one attached hydrogen (secondary N) is 2. The Bertz CT molecular complexity index is 2000. The number of imidazole rings is 1. The van der Waals surface area contributed by atoms with Gasteiger partial charge in [-0.1, -0.05) is 34.6 Å². The topological polar surface area (TPSA) is 345 Å². The fraction of sp³-hybridized carbons (Fsp3) is 0.636. The van der Waals surface area contributed by atoms with Gasteiger partial charge < -0.3 is 37.8 Å². The summed E-state index contributed by atoms with van der Waals surface area (Å²) in [5.41, 5.74) is -1.30. The zero-order valence-corrected chi connectivity index (χ0v) is 33.1. The van der Waals surface area contributed by atoms with Gasteiger partial charge in [0.1, 0.15) is 18.3 Å². The van der Waals surface area contributed by atoms with Crippen LogP contribution in [0.3, 0.4) is 0 Å². The van der Waals surface area contributed by atoms with Crippen molar-refractivity contribution in [3.05, 3.63) is 16.7 Å². The van der Waals surface area contributed by atoms with E-state index in [1.165, 1.54) is 11.9 Å². The molecular weight excluding hydrogens is 792 g/mol. The van der Waals surface area contributed by atoms with Crippen LogP contribution in [0.4, 0.5) is 5.95 Å². The van der Waals surface area contributed by atoms with Crippen molar-refractivity contribution < 1.29 is 69.5 Å². The highest BCUT2D eigenvalue weighted by Gasteiger charge is 2.55. The Morgan fingerprint density at radius 3 is 2.15 bits per heavy atom. The number of carbonyl (C=O) groups is 1. The number of rotatable bonds is 16. The van der Waals surface area contributed by atoms with E-state index in [1.54, 1.807) is 26.9 Å². The van der Waals surface area contributed by atoms with Crippen LogP contribution in [-0.2, 0) is 49.9 Å². The molecule has 0 spiro atoms. The number of H-pyrrole nitrogens is 1. The van der Waals surface area contributed by atoms with E-state index in [4.69, 9.17) is 23.5 Å². The molecule has 0 aromatic carbocycles. The van der Waals surface area contributed by atoms with Gasteiger partial charge in [-0.05, 0) is 18.1 Å². The second kappa shape index (κ2) is 16.2. The number of nitriles is 2. The summed E-state index contributed by atoms with van der Waals surface area (Å²) in [7, 11) is -24.6. The third kappa shape index (κ3) is 11.3. The summed E-state index contributed by atoms with van der Waals surface area (Å²) in [6, 6.07) is 0. The molecule has 2 aromatic heterocycles. The van der Waals surface area contributed by atoms with Crippen molar-refractivity contribution in [2.24, 2.45) is 5.92 Å². The van der Waals surface area contributed by atoms with Gasteiger partial charge in [0.15, 0.2) is 25.7 Å². The predicted molar refractivity (Wildman–Crippen MR) is 183 cm³/mol. The zero-order chi connectivity index (χ0) is 39.7. The molecule has 1 fully saturated rings. The number of anilines is 1. The molecule has 23 nitrogen and oxygen atoms in total. The maximum absolute atomic E-state index is 13.7. The highest BCUT2D eigenvalue weighted by Crippen LogP contribution is 2.62. The molecule has 2 aromatic rings. The van der Waals surface area contributed by atoms with Crippen molar-refractivity contribution in [2.75, 3.05) is 11.9 Å².